The summed E-state index contributed by atoms with van der Waals surface area (Å²) in [5.41, 5.74) is 0.552. The topological polar surface area (TPSA) is 26.3 Å². The Kier molecular flexibility index (Phi) is 10.4. The minimum atomic E-state index is -8.34. The van der Waals surface area contributed by atoms with Crippen LogP contribution in [0.2, 0.25) is 0 Å². The molecule has 0 N–H and O–H groups in total. The second kappa shape index (κ2) is 12.2. The first-order valence-corrected chi connectivity index (χ1v) is 12.6. The van der Waals surface area contributed by atoms with E-state index in [2.05, 4.69) is 0 Å². The van der Waals surface area contributed by atoms with Crippen molar-refractivity contribution in [2.24, 2.45) is 11.8 Å². The molecule has 1 aromatic carbocycles. The van der Waals surface area contributed by atoms with Crippen LogP contribution in [0.25, 0.3) is 0 Å². The fraction of sp³-hybridized carbons (Fsp3) is 0.720. The average Bonchev–Trinajstić information content (AvgIpc) is 2.89. The van der Waals surface area contributed by atoms with Crippen LogP contribution in [0, 0.1) is 17.7 Å². The minimum Gasteiger partial charge on any atom is -0.423 e. The molecule has 2 nitrogen and oxygen atoms in total. The predicted molar refractivity (Wildman–Crippen MR) is 116 cm³/mol. The van der Waals surface area contributed by atoms with E-state index in [-0.39, 0.29) is 0 Å². The molecule has 0 aromatic heterocycles. The lowest BCUT2D eigenvalue weighted by atomic mass is 9.75. The first-order chi connectivity index (χ1) is 19.3. The molecule has 1 aromatic rings. The molecule has 2 rings (SSSR count). The number of unbranched alkanes of at least 4 members (excludes halogenated alkanes) is 2. The highest BCUT2D eigenvalue weighted by atomic mass is 19.4. The van der Waals surface area contributed by atoms with E-state index in [9.17, 15) is 75.0 Å². The highest BCUT2D eigenvalue weighted by molar-refractivity contribution is 5.75. The molecule has 1 aliphatic rings. The number of ether oxygens (including phenoxy) is 1. The maximum atomic E-state index is 14.5. The molecule has 0 atom stereocenters. The van der Waals surface area contributed by atoms with Crippen molar-refractivity contribution in [2.45, 2.75) is 100 Å². The monoisotopic (exact) mass is 660 g/mol. The zero-order valence-electron chi connectivity index (χ0n) is 21.9. The summed E-state index contributed by atoms with van der Waals surface area (Å²) in [6.45, 7) is 1.94. The number of carbonyl (C=O) groups is 1. The van der Waals surface area contributed by atoms with Crippen molar-refractivity contribution in [3.63, 3.8) is 0 Å². The van der Waals surface area contributed by atoms with Crippen LogP contribution in [0.5, 0.6) is 5.75 Å². The van der Waals surface area contributed by atoms with Crippen LogP contribution in [-0.2, 0) is 11.2 Å². The van der Waals surface area contributed by atoms with Crippen LogP contribution in [0.15, 0.2) is 18.2 Å². The van der Waals surface area contributed by atoms with Crippen molar-refractivity contribution in [3.8, 4) is 5.75 Å². The van der Waals surface area contributed by atoms with Gasteiger partial charge in [-0.15, -0.1) is 0 Å². The molecule has 0 bridgehead atoms. The summed E-state index contributed by atoms with van der Waals surface area (Å²) in [5, 5.41) is 0. The smallest absolute Gasteiger partial charge is 0.423 e. The van der Waals surface area contributed by atoms with Crippen LogP contribution >= 0.6 is 0 Å². The fourth-order valence-electron chi connectivity index (χ4n) is 4.48. The molecule has 1 aliphatic carbocycles. The summed E-state index contributed by atoms with van der Waals surface area (Å²) in [5.74, 6) is -54.1. The summed E-state index contributed by atoms with van der Waals surface area (Å²) < 4.78 is 221. The van der Waals surface area contributed by atoms with Crippen molar-refractivity contribution in [3.05, 3.63) is 29.6 Å². The number of rotatable bonds is 12. The number of benzene rings is 1. The fourth-order valence-corrected chi connectivity index (χ4v) is 4.48. The molecule has 43 heavy (non-hydrogen) atoms. The van der Waals surface area contributed by atoms with E-state index >= 15 is 0 Å². The molecule has 0 aliphatic heterocycles. The van der Waals surface area contributed by atoms with Gasteiger partial charge in [0, 0.05) is 5.92 Å². The largest absolute Gasteiger partial charge is 0.460 e. The summed E-state index contributed by atoms with van der Waals surface area (Å²) in [6, 6.07) is 3.56. The van der Waals surface area contributed by atoms with E-state index in [0.717, 1.165) is 31.4 Å². The third-order valence-corrected chi connectivity index (χ3v) is 7.20. The Morgan fingerprint density at radius 1 is 0.721 bits per heavy atom. The quantitative estimate of drug-likeness (QED) is 0.0967. The number of halogens is 16. The SMILES string of the molecule is CCCCCc1ccc(OC(=O)[C@H]2CC[C@H](C(F)(F)C(F)(F)C(F)(F)C(F)(F)C(F)(F)C(F)(F)C(F)(F)F)CC2)c(F)c1. The lowest BCUT2D eigenvalue weighted by Gasteiger charge is -2.44. The molecule has 0 heterocycles. The zero-order chi connectivity index (χ0) is 33.4. The molecule has 1 saturated carbocycles. The second-order valence-electron chi connectivity index (χ2n) is 10.2. The van der Waals surface area contributed by atoms with E-state index in [4.69, 9.17) is 4.74 Å². The Hall–Kier alpha value is -2.43. The standard InChI is InChI=1S/C25H24F16O2/c1-2-3-4-5-13-6-11-17(16(26)12-13)43-18(42)14-7-9-15(10-8-14)19(27,28)20(29,30)21(31,32)22(33,34)23(35,36)24(37,38)25(39,40)41/h6,11-12,14-15H,2-5,7-10H2,1H3/t14-,15-. The Morgan fingerprint density at radius 2 is 1.21 bits per heavy atom. The Balaban J connectivity index is 2.18. The summed E-state index contributed by atoms with van der Waals surface area (Å²) >= 11 is 0. The average molecular weight is 660 g/mol. The summed E-state index contributed by atoms with van der Waals surface area (Å²) in [4.78, 5) is 12.4. The molecule has 0 unspecified atom stereocenters. The minimum absolute atomic E-state index is 0.495. The van der Waals surface area contributed by atoms with Crippen molar-refractivity contribution >= 4 is 5.97 Å². The number of alkyl halides is 15. The van der Waals surface area contributed by atoms with Crippen LogP contribution in [0.1, 0.15) is 57.4 Å². The molecule has 0 radical (unpaired) electrons. The maximum Gasteiger partial charge on any atom is 0.460 e. The lowest BCUT2D eigenvalue weighted by Crippen LogP contribution is -2.73. The van der Waals surface area contributed by atoms with Crippen LogP contribution in [0.4, 0.5) is 70.2 Å². The summed E-state index contributed by atoms with van der Waals surface area (Å²) in [6.07, 6.45) is -9.10. The molecule has 0 saturated heterocycles. The Labute approximate surface area is 233 Å². The van der Waals surface area contributed by atoms with Gasteiger partial charge in [0.05, 0.1) is 5.92 Å². The van der Waals surface area contributed by atoms with Gasteiger partial charge in [-0.25, -0.2) is 4.39 Å². The van der Waals surface area contributed by atoms with Crippen molar-refractivity contribution < 1.29 is 79.8 Å². The van der Waals surface area contributed by atoms with Gasteiger partial charge < -0.3 is 4.74 Å². The van der Waals surface area contributed by atoms with Crippen LogP contribution in [-0.4, -0.2) is 47.7 Å². The second-order valence-corrected chi connectivity index (χ2v) is 10.2. The van der Waals surface area contributed by atoms with Crippen molar-refractivity contribution in [1.29, 1.82) is 0 Å². The van der Waals surface area contributed by atoms with Crippen molar-refractivity contribution in [1.82, 2.24) is 0 Å². The van der Waals surface area contributed by atoms with Gasteiger partial charge in [0.2, 0.25) is 0 Å². The number of hydrogen-bond donors (Lipinski definition) is 0. The van der Waals surface area contributed by atoms with Gasteiger partial charge in [-0.05, 0) is 56.2 Å². The van der Waals surface area contributed by atoms with E-state index in [1.54, 1.807) is 0 Å². The normalized spacial score (nSPS) is 19.8. The van der Waals surface area contributed by atoms with E-state index < -0.39 is 96.8 Å². The van der Waals surface area contributed by atoms with E-state index in [0.29, 0.717) is 12.0 Å². The van der Waals surface area contributed by atoms with Gasteiger partial charge in [-0.3, -0.25) is 4.79 Å². The molecule has 18 heteroatoms. The third-order valence-electron chi connectivity index (χ3n) is 7.20. The van der Waals surface area contributed by atoms with Gasteiger partial charge in [-0.2, -0.15) is 65.9 Å². The van der Waals surface area contributed by atoms with E-state index in [1.807, 2.05) is 6.92 Å². The van der Waals surface area contributed by atoms with Crippen molar-refractivity contribution in [2.75, 3.05) is 0 Å². The highest BCUT2D eigenvalue weighted by Gasteiger charge is 2.93. The zero-order valence-corrected chi connectivity index (χ0v) is 21.9. The third kappa shape index (κ3) is 6.38. The number of hydrogen-bond acceptors (Lipinski definition) is 2. The Morgan fingerprint density at radius 3 is 1.67 bits per heavy atom. The van der Waals surface area contributed by atoms with E-state index in [1.165, 1.54) is 6.07 Å². The molecular formula is C25H24F16O2. The Bertz CT molecular complexity index is 1120. The molecule has 248 valence electrons. The van der Waals surface area contributed by atoms with Gasteiger partial charge in [0.1, 0.15) is 0 Å². The molecular weight excluding hydrogens is 636 g/mol. The predicted octanol–water partition coefficient (Wildman–Crippen LogP) is 9.64. The number of carbonyl (C=O) groups excluding carboxylic acids is 1. The highest BCUT2D eigenvalue weighted by Crippen LogP contribution is 2.63. The van der Waals surface area contributed by atoms with Gasteiger partial charge in [0.15, 0.2) is 11.6 Å². The van der Waals surface area contributed by atoms with Gasteiger partial charge in [-0.1, -0.05) is 25.8 Å². The van der Waals surface area contributed by atoms with Gasteiger partial charge >= 0.3 is 47.7 Å². The summed E-state index contributed by atoms with van der Waals surface area (Å²) in [7, 11) is 0. The van der Waals surface area contributed by atoms with Gasteiger partial charge in [0.25, 0.3) is 0 Å². The van der Waals surface area contributed by atoms with Crippen LogP contribution in [0.3, 0.4) is 0 Å². The van der Waals surface area contributed by atoms with Crippen LogP contribution < -0.4 is 4.74 Å². The first-order valence-electron chi connectivity index (χ1n) is 12.6. The molecule has 1 fully saturated rings. The number of aryl methyl sites for hydroxylation is 1. The first kappa shape index (κ1) is 36.8. The maximum absolute atomic E-state index is 14.5. The number of esters is 1. The molecule has 0 spiro atoms. The molecule has 0 amide bonds. The lowest BCUT2D eigenvalue weighted by molar-refractivity contribution is -0.455.